The van der Waals surface area contributed by atoms with Gasteiger partial charge in [0.05, 0.1) is 12.0 Å². The van der Waals surface area contributed by atoms with Crippen LogP contribution < -0.4 is 11.1 Å². The lowest BCUT2D eigenvalue weighted by atomic mass is 9.64. The summed E-state index contributed by atoms with van der Waals surface area (Å²) in [5, 5.41) is 12.5. The fraction of sp³-hybridized carbons (Fsp3) is 0.429. The average Bonchev–Trinajstić information content (AvgIpc) is 2.34. The van der Waals surface area contributed by atoms with E-state index < -0.39 is 17.4 Å². The molecule has 1 fully saturated rings. The molecule has 20 heavy (non-hydrogen) atoms. The zero-order valence-corrected chi connectivity index (χ0v) is 11.7. The van der Waals surface area contributed by atoms with Crippen molar-refractivity contribution in [1.29, 1.82) is 0 Å². The number of carbonyl (C=O) groups excluding carboxylic acids is 2. The van der Waals surface area contributed by atoms with E-state index in [0.29, 0.717) is 5.02 Å². The van der Waals surface area contributed by atoms with Crippen molar-refractivity contribution < 1.29 is 14.7 Å². The van der Waals surface area contributed by atoms with Crippen molar-refractivity contribution in [2.45, 2.75) is 30.8 Å². The van der Waals surface area contributed by atoms with Gasteiger partial charge in [0, 0.05) is 5.02 Å². The van der Waals surface area contributed by atoms with Crippen LogP contribution >= 0.6 is 11.6 Å². The van der Waals surface area contributed by atoms with Crippen LogP contribution in [0.4, 0.5) is 0 Å². The lowest BCUT2D eigenvalue weighted by molar-refractivity contribution is -0.131. The van der Waals surface area contributed by atoms with Crippen LogP contribution in [0.2, 0.25) is 5.02 Å². The maximum Gasteiger partial charge on any atom is 0.248 e. The molecule has 4 N–H and O–H groups in total. The van der Waals surface area contributed by atoms with E-state index in [0.717, 1.165) is 24.8 Å². The molecule has 5 nitrogen and oxygen atoms in total. The standard InChI is InChI=1S/C14H17ClN2O3/c15-10-4-1-3-9(7-10)14(5-2-6-14)13(20)17-8-11(18)12(16)19/h1,3-4,7,11,18H,2,5-6,8H2,(H2,16,19)(H,17,20). The number of aliphatic hydroxyl groups is 1. The summed E-state index contributed by atoms with van der Waals surface area (Å²) in [5.74, 6) is -1.05. The highest BCUT2D eigenvalue weighted by Crippen LogP contribution is 2.44. The highest BCUT2D eigenvalue weighted by molar-refractivity contribution is 6.30. The molecule has 1 atom stereocenters. The van der Waals surface area contributed by atoms with Gasteiger partial charge in [0.15, 0.2) is 0 Å². The van der Waals surface area contributed by atoms with Gasteiger partial charge in [0.2, 0.25) is 11.8 Å². The zero-order valence-electron chi connectivity index (χ0n) is 10.9. The third-order valence-electron chi connectivity index (χ3n) is 3.80. The van der Waals surface area contributed by atoms with E-state index in [9.17, 15) is 14.7 Å². The number of halogens is 1. The summed E-state index contributed by atoms with van der Waals surface area (Å²) < 4.78 is 0. The van der Waals surface area contributed by atoms with Crippen LogP contribution in [0.1, 0.15) is 24.8 Å². The second-order valence-electron chi connectivity index (χ2n) is 5.07. The summed E-state index contributed by atoms with van der Waals surface area (Å²) in [4.78, 5) is 23.1. The quantitative estimate of drug-likeness (QED) is 0.747. The molecule has 1 aliphatic carbocycles. The second kappa shape index (κ2) is 5.81. The molecule has 1 aliphatic rings. The number of amides is 2. The van der Waals surface area contributed by atoms with Crippen LogP contribution in [-0.2, 0) is 15.0 Å². The molecular weight excluding hydrogens is 280 g/mol. The molecule has 1 aromatic rings. The summed E-state index contributed by atoms with van der Waals surface area (Å²) >= 11 is 5.97. The van der Waals surface area contributed by atoms with Gasteiger partial charge in [-0.05, 0) is 30.5 Å². The Bertz CT molecular complexity index is 529. The third kappa shape index (κ3) is 2.78. The maximum absolute atomic E-state index is 12.4. The average molecular weight is 297 g/mol. The molecule has 2 rings (SSSR count). The summed E-state index contributed by atoms with van der Waals surface area (Å²) in [6.45, 7) is -0.170. The van der Waals surface area contributed by atoms with Gasteiger partial charge < -0.3 is 16.2 Å². The minimum Gasteiger partial charge on any atom is -0.381 e. The molecule has 6 heteroatoms. The van der Waals surface area contributed by atoms with Gasteiger partial charge in [-0.3, -0.25) is 9.59 Å². The second-order valence-corrected chi connectivity index (χ2v) is 5.51. The number of nitrogens with two attached hydrogens (primary N) is 1. The molecule has 0 aliphatic heterocycles. The van der Waals surface area contributed by atoms with Gasteiger partial charge in [0.1, 0.15) is 6.10 Å². The number of hydrogen-bond donors (Lipinski definition) is 3. The molecule has 0 spiro atoms. The topological polar surface area (TPSA) is 92.4 Å². The van der Waals surface area contributed by atoms with E-state index >= 15 is 0 Å². The van der Waals surface area contributed by atoms with E-state index in [4.69, 9.17) is 17.3 Å². The summed E-state index contributed by atoms with van der Waals surface area (Å²) in [7, 11) is 0. The van der Waals surface area contributed by atoms with Crippen molar-refractivity contribution in [2.75, 3.05) is 6.54 Å². The molecule has 0 saturated heterocycles. The Morgan fingerprint density at radius 2 is 2.15 bits per heavy atom. The zero-order chi connectivity index (χ0) is 14.8. The number of hydrogen-bond acceptors (Lipinski definition) is 3. The summed E-state index contributed by atoms with van der Waals surface area (Å²) in [6, 6.07) is 7.22. The Balaban J connectivity index is 2.11. The maximum atomic E-state index is 12.4. The minimum absolute atomic E-state index is 0.170. The van der Waals surface area contributed by atoms with Crippen LogP contribution in [0, 0.1) is 0 Å². The van der Waals surface area contributed by atoms with Crippen LogP contribution in [0.25, 0.3) is 0 Å². The molecule has 2 amide bonds. The smallest absolute Gasteiger partial charge is 0.248 e. The van der Waals surface area contributed by atoms with Crippen LogP contribution in [0.3, 0.4) is 0 Å². The summed E-state index contributed by atoms with van der Waals surface area (Å²) in [5.41, 5.74) is 5.21. The number of carbonyl (C=O) groups is 2. The Morgan fingerprint density at radius 1 is 1.45 bits per heavy atom. The predicted octanol–water partition coefficient (Wildman–Crippen LogP) is 0.724. The van der Waals surface area contributed by atoms with E-state index in [2.05, 4.69) is 5.32 Å². The fourth-order valence-corrected chi connectivity index (χ4v) is 2.61. The fourth-order valence-electron chi connectivity index (χ4n) is 2.42. The van der Waals surface area contributed by atoms with Crippen LogP contribution in [-0.4, -0.2) is 29.6 Å². The van der Waals surface area contributed by atoms with Crippen molar-refractivity contribution in [3.63, 3.8) is 0 Å². The first-order valence-corrected chi connectivity index (χ1v) is 6.85. The molecule has 0 aromatic heterocycles. The highest BCUT2D eigenvalue weighted by atomic mass is 35.5. The van der Waals surface area contributed by atoms with Gasteiger partial charge in [-0.2, -0.15) is 0 Å². The van der Waals surface area contributed by atoms with Gasteiger partial charge >= 0.3 is 0 Å². The third-order valence-corrected chi connectivity index (χ3v) is 4.04. The summed E-state index contributed by atoms with van der Waals surface area (Å²) in [6.07, 6.45) is 1.05. The van der Waals surface area contributed by atoms with Gasteiger partial charge in [-0.25, -0.2) is 0 Å². The molecule has 0 bridgehead atoms. The number of primary amides is 1. The number of aliphatic hydroxyl groups excluding tert-OH is 1. The van der Waals surface area contributed by atoms with Gasteiger partial charge in [0.25, 0.3) is 0 Å². The largest absolute Gasteiger partial charge is 0.381 e. The molecule has 108 valence electrons. The van der Waals surface area contributed by atoms with Crippen molar-refractivity contribution in [1.82, 2.24) is 5.32 Å². The van der Waals surface area contributed by atoms with E-state index in [1.165, 1.54) is 0 Å². The van der Waals surface area contributed by atoms with Gasteiger partial charge in [-0.1, -0.05) is 30.2 Å². The Labute approximate surface area is 122 Å². The van der Waals surface area contributed by atoms with E-state index in [1.54, 1.807) is 12.1 Å². The first kappa shape index (κ1) is 14.8. The normalized spacial score (nSPS) is 17.9. The molecule has 1 unspecified atom stereocenters. The lowest BCUT2D eigenvalue weighted by Gasteiger charge is -2.41. The Morgan fingerprint density at radius 3 is 2.65 bits per heavy atom. The van der Waals surface area contributed by atoms with Crippen LogP contribution in [0.15, 0.2) is 24.3 Å². The first-order chi connectivity index (χ1) is 9.45. The van der Waals surface area contributed by atoms with Crippen molar-refractivity contribution in [3.8, 4) is 0 Å². The predicted molar refractivity (Wildman–Crippen MR) is 75.2 cm³/mol. The molecule has 0 radical (unpaired) electrons. The lowest BCUT2D eigenvalue weighted by Crippen LogP contribution is -2.51. The van der Waals surface area contributed by atoms with Crippen molar-refractivity contribution in [3.05, 3.63) is 34.9 Å². The Hall–Kier alpha value is -1.59. The minimum atomic E-state index is -1.37. The number of rotatable bonds is 5. The molecular formula is C14H17ClN2O3. The SMILES string of the molecule is NC(=O)C(O)CNC(=O)C1(c2cccc(Cl)c2)CCC1. The highest BCUT2D eigenvalue weighted by Gasteiger charge is 2.45. The van der Waals surface area contributed by atoms with Crippen molar-refractivity contribution >= 4 is 23.4 Å². The number of nitrogens with one attached hydrogen (secondary N) is 1. The van der Waals surface area contributed by atoms with E-state index in [-0.39, 0.29) is 12.5 Å². The number of benzene rings is 1. The van der Waals surface area contributed by atoms with Crippen LogP contribution in [0.5, 0.6) is 0 Å². The Kier molecular flexibility index (Phi) is 4.30. The molecule has 1 saturated carbocycles. The monoisotopic (exact) mass is 296 g/mol. The molecule has 0 heterocycles. The van der Waals surface area contributed by atoms with Gasteiger partial charge in [-0.15, -0.1) is 0 Å². The first-order valence-electron chi connectivity index (χ1n) is 6.47. The van der Waals surface area contributed by atoms with Crippen molar-refractivity contribution in [2.24, 2.45) is 5.73 Å². The molecule has 1 aromatic carbocycles. The van der Waals surface area contributed by atoms with E-state index in [1.807, 2.05) is 12.1 Å².